The van der Waals surface area contributed by atoms with Crippen molar-refractivity contribution in [2.75, 3.05) is 0 Å². The molecule has 1 aliphatic heterocycles. The summed E-state index contributed by atoms with van der Waals surface area (Å²) in [7, 11) is -2.33. The Kier molecular flexibility index (Phi) is 4.20. The topological polar surface area (TPSA) is 6.48 Å². The van der Waals surface area contributed by atoms with Crippen molar-refractivity contribution in [1.29, 1.82) is 0 Å². The first-order valence-corrected chi connectivity index (χ1v) is 10.7. The predicted octanol–water partition coefficient (Wildman–Crippen LogP) is 4.63. The number of hydrogen-bond donors (Lipinski definition) is 0. The van der Waals surface area contributed by atoms with Crippen LogP contribution in [0.2, 0.25) is 0 Å². The fraction of sp³-hybridized carbons (Fsp3) is 0.529. The molecule has 1 aromatic carbocycles. The van der Waals surface area contributed by atoms with Crippen LogP contribution in [0.3, 0.4) is 0 Å². The van der Waals surface area contributed by atoms with Gasteiger partial charge >= 0.3 is 7.71 Å². The van der Waals surface area contributed by atoms with E-state index in [4.69, 9.17) is 11.1 Å². The van der Waals surface area contributed by atoms with Gasteiger partial charge in [0.05, 0.1) is 0 Å². The zero-order valence-corrected chi connectivity index (χ0v) is 15.8. The normalized spacial score (nSPS) is 18.4. The molecule has 2 rings (SSSR count). The maximum atomic E-state index is 7.33. The van der Waals surface area contributed by atoms with Crippen molar-refractivity contribution in [3.8, 4) is 0 Å². The van der Waals surface area contributed by atoms with Crippen LogP contribution in [-0.4, -0.2) is 27.9 Å². The minimum Gasteiger partial charge on any atom is -0.369 e. The smallest absolute Gasteiger partial charge is 0.369 e. The molecular formula is C17H27ClN2Si. The molecule has 0 amide bonds. The summed E-state index contributed by atoms with van der Waals surface area (Å²) >= 11 is 7.33. The van der Waals surface area contributed by atoms with Gasteiger partial charge in [-0.15, -0.1) is 11.1 Å². The van der Waals surface area contributed by atoms with Gasteiger partial charge in [-0.05, 0) is 47.1 Å². The molecular weight excluding hydrogens is 296 g/mol. The molecule has 0 fully saturated rings. The monoisotopic (exact) mass is 322 g/mol. The zero-order valence-electron chi connectivity index (χ0n) is 14.0. The Bertz CT molecular complexity index is 490. The first kappa shape index (κ1) is 16.4. The van der Waals surface area contributed by atoms with Crippen LogP contribution in [0.4, 0.5) is 0 Å². The number of nitrogens with zero attached hydrogens (tertiary/aromatic N) is 2. The first-order chi connectivity index (χ1) is 9.55. The highest BCUT2D eigenvalue weighted by molar-refractivity contribution is 7.17. The molecule has 0 aliphatic carbocycles. The van der Waals surface area contributed by atoms with Crippen LogP contribution in [0.1, 0.15) is 47.1 Å². The van der Waals surface area contributed by atoms with E-state index in [2.05, 4.69) is 93.4 Å². The van der Waals surface area contributed by atoms with E-state index < -0.39 is 7.71 Å². The third-order valence-corrected chi connectivity index (χ3v) is 9.29. The van der Waals surface area contributed by atoms with Gasteiger partial charge in [0, 0.05) is 29.5 Å². The highest BCUT2D eigenvalue weighted by Crippen LogP contribution is 2.39. The van der Waals surface area contributed by atoms with Gasteiger partial charge in [0.1, 0.15) is 0 Å². The summed E-state index contributed by atoms with van der Waals surface area (Å²) < 4.78 is 4.81. The zero-order chi connectivity index (χ0) is 15.9. The first-order valence-electron chi connectivity index (χ1n) is 7.55. The van der Waals surface area contributed by atoms with Crippen LogP contribution in [-0.2, 0) is 6.04 Å². The quantitative estimate of drug-likeness (QED) is 0.578. The van der Waals surface area contributed by atoms with E-state index in [1.54, 1.807) is 0 Å². The standard InChI is InChI=1S/C17H27ClN2Si/c1-16(2,3)19-12-13-20(17(4,5)6)21(19,18)14-15-10-8-7-9-11-15/h7-13H,14H2,1-6H3. The van der Waals surface area contributed by atoms with Crippen LogP contribution in [0, 0.1) is 0 Å². The van der Waals surface area contributed by atoms with Crippen molar-refractivity contribution in [2.24, 2.45) is 0 Å². The summed E-state index contributed by atoms with van der Waals surface area (Å²) in [5, 5.41) is 0. The van der Waals surface area contributed by atoms with E-state index in [1.807, 2.05) is 0 Å². The van der Waals surface area contributed by atoms with Gasteiger partial charge in [-0.3, -0.25) is 0 Å². The fourth-order valence-electron chi connectivity index (χ4n) is 2.98. The SMILES string of the molecule is CC(C)(C)N1C=CN(C(C)(C)C)[Si]1(Cl)Cc1ccccc1. The molecule has 21 heavy (non-hydrogen) atoms. The van der Waals surface area contributed by atoms with E-state index in [1.165, 1.54) is 5.56 Å². The Hall–Kier alpha value is -0.933. The predicted molar refractivity (Wildman–Crippen MR) is 94.1 cm³/mol. The molecule has 0 radical (unpaired) electrons. The van der Waals surface area contributed by atoms with Crippen LogP contribution in [0.25, 0.3) is 0 Å². The highest BCUT2D eigenvalue weighted by atomic mass is 35.6. The lowest BCUT2D eigenvalue weighted by molar-refractivity contribution is 0.273. The molecule has 1 aliphatic rings. The van der Waals surface area contributed by atoms with Crippen molar-refractivity contribution >= 4 is 18.8 Å². The summed E-state index contributed by atoms with van der Waals surface area (Å²) in [5.41, 5.74) is 1.37. The second kappa shape index (κ2) is 5.36. The fourth-order valence-corrected chi connectivity index (χ4v) is 9.28. The number of benzene rings is 1. The Labute approximate surface area is 135 Å². The van der Waals surface area contributed by atoms with Gasteiger partial charge in [-0.1, -0.05) is 30.3 Å². The molecule has 0 unspecified atom stereocenters. The molecule has 4 heteroatoms. The molecule has 0 atom stereocenters. The van der Waals surface area contributed by atoms with E-state index >= 15 is 0 Å². The Balaban J connectivity index is 2.41. The van der Waals surface area contributed by atoms with E-state index in [9.17, 15) is 0 Å². The lowest BCUT2D eigenvalue weighted by Gasteiger charge is -2.49. The van der Waals surface area contributed by atoms with E-state index in [0.717, 1.165) is 6.04 Å². The largest absolute Gasteiger partial charge is 0.370 e. The third-order valence-electron chi connectivity index (χ3n) is 3.82. The lowest BCUT2D eigenvalue weighted by atomic mass is 10.1. The van der Waals surface area contributed by atoms with Crippen molar-refractivity contribution < 1.29 is 0 Å². The molecule has 0 saturated carbocycles. The van der Waals surface area contributed by atoms with Gasteiger partial charge in [-0.25, -0.2) is 0 Å². The summed E-state index contributed by atoms with van der Waals surface area (Å²) in [6.07, 6.45) is 4.38. The second-order valence-corrected chi connectivity index (χ2v) is 12.3. The van der Waals surface area contributed by atoms with E-state index in [0.29, 0.717) is 0 Å². The van der Waals surface area contributed by atoms with Crippen LogP contribution < -0.4 is 0 Å². The average Bonchev–Trinajstić information content (AvgIpc) is 2.67. The van der Waals surface area contributed by atoms with Gasteiger partial charge in [-0.2, -0.15) is 0 Å². The van der Waals surface area contributed by atoms with E-state index in [-0.39, 0.29) is 11.1 Å². The molecule has 1 aromatic rings. The third kappa shape index (κ3) is 3.29. The van der Waals surface area contributed by atoms with Gasteiger partial charge in [0.15, 0.2) is 0 Å². The average molecular weight is 323 g/mol. The number of halogens is 1. The molecule has 116 valence electrons. The van der Waals surface area contributed by atoms with Crippen molar-refractivity contribution in [3.63, 3.8) is 0 Å². The summed E-state index contributed by atoms with van der Waals surface area (Å²) in [4.78, 5) is 0. The summed E-state index contributed by atoms with van der Waals surface area (Å²) in [6, 6.07) is 11.5. The van der Waals surface area contributed by atoms with Gasteiger partial charge in [0.25, 0.3) is 0 Å². The van der Waals surface area contributed by atoms with Gasteiger partial charge in [0.2, 0.25) is 0 Å². The minimum atomic E-state index is -2.33. The minimum absolute atomic E-state index is 0.0270. The Morgan fingerprint density at radius 2 is 1.29 bits per heavy atom. The molecule has 0 N–H and O–H groups in total. The Morgan fingerprint density at radius 3 is 1.67 bits per heavy atom. The highest BCUT2D eigenvalue weighted by Gasteiger charge is 2.53. The maximum Gasteiger partial charge on any atom is 0.370 e. The molecule has 0 aromatic heterocycles. The second-order valence-electron chi connectivity index (χ2n) is 7.76. The lowest BCUT2D eigenvalue weighted by Crippen LogP contribution is -2.65. The van der Waals surface area contributed by atoms with Crippen molar-refractivity contribution in [1.82, 2.24) is 9.13 Å². The molecule has 0 saturated heterocycles. The van der Waals surface area contributed by atoms with Crippen molar-refractivity contribution in [2.45, 2.75) is 58.7 Å². The van der Waals surface area contributed by atoms with Crippen LogP contribution in [0.5, 0.6) is 0 Å². The number of rotatable bonds is 2. The number of hydrogen-bond acceptors (Lipinski definition) is 2. The van der Waals surface area contributed by atoms with Gasteiger partial charge < -0.3 is 9.13 Å². The van der Waals surface area contributed by atoms with Crippen LogP contribution in [0.15, 0.2) is 42.7 Å². The Morgan fingerprint density at radius 1 is 0.857 bits per heavy atom. The summed E-state index contributed by atoms with van der Waals surface area (Å²) in [6.45, 7) is 13.4. The molecule has 0 spiro atoms. The maximum absolute atomic E-state index is 7.33. The molecule has 1 heterocycles. The van der Waals surface area contributed by atoms with Crippen LogP contribution >= 0.6 is 11.1 Å². The molecule has 2 nitrogen and oxygen atoms in total. The molecule has 0 bridgehead atoms. The van der Waals surface area contributed by atoms with Crippen molar-refractivity contribution in [3.05, 3.63) is 48.3 Å². The summed E-state index contributed by atoms with van der Waals surface area (Å²) in [5.74, 6) is 0.